The number of ether oxygens (including phenoxy) is 2. The quantitative estimate of drug-likeness (QED) is 0.601. The van der Waals surface area contributed by atoms with Gasteiger partial charge in [0.2, 0.25) is 6.79 Å². The highest BCUT2D eigenvalue weighted by Gasteiger charge is 2.18. The molecule has 3 aromatic heterocycles. The minimum Gasteiger partial charge on any atom is -0.454 e. The largest absolute Gasteiger partial charge is 0.454 e. The van der Waals surface area contributed by atoms with Gasteiger partial charge in [0, 0.05) is 37.7 Å². The van der Waals surface area contributed by atoms with Crippen LogP contribution in [0.4, 0.5) is 5.82 Å². The van der Waals surface area contributed by atoms with Gasteiger partial charge in [-0.25, -0.2) is 4.98 Å². The number of anilines is 1. The van der Waals surface area contributed by atoms with E-state index in [0.717, 1.165) is 45.5 Å². The van der Waals surface area contributed by atoms with Crippen molar-refractivity contribution in [1.29, 1.82) is 0 Å². The number of imidazole rings is 1. The molecule has 0 spiro atoms. The first-order valence-electron chi connectivity index (χ1n) is 8.64. The average Bonchev–Trinajstić information content (AvgIpc) is 3.36. The van der Waals surface area contributed by atoms with Crippen molar-refractivity contribution in [1.82, 2.24) is 24.1 Å². The third-order valence-electron chi connectivity index (χ3n) is 4.60. The van der Waals surface area contributed by atoms with Crippen molar-refractivity contribution in [2.24, 2.45) is 7.05 Å². The molecule has 136 valence electrons. The van der Waals surface area contributed by atoms with E-state index >= 15 is 0 Å². The Morgan fingerprint density at radius 2 is 2.11 bits per heavy atom. The molecule has 4 aromatic rings. The van der Waals surface area contributed by atoms with E-state index < -0.39 is 0 Å². The molecule has 0 aliphatic carbocycles. The van der Waals surface area contributed by atoms with Crippen molar-refractivity contribution in [3.63, 3.8) is 0 Å². The molecule has 27 heavy (non-hydrogen) atoms. The molecule has 0 saturated heterocycles. The first kappa shape index (κ1) is 15.7. The Balaban J connectivity index is 1.53. The normalized spacial score (nSPS) is 12.7. The fraction of sp³-hybridized carbons (Fsp3) is 0.211. The fourth-order valence-corrected chi connectivity index (χ4v) is 3.33. The molecular weight excluding hydrogens is 344 g/mol. The molecule has 4 heterocycles. The number of hydrogen-bond donors (Lipinski definition) is 1. The molecule has 0 radical (unpaired) electrons. The van der Waals surface area contributed by atoms with Crippen LogP contribution in [0.2, 0.25) is 0 Å². The zero-order valence-corrected chi connectivity index (χ0v) is 15.0. The van der Waals surface area contributed by atoms with Crippen LogP contribution in [-0.4, -0.2) is 30.9 Å². The molecule has 0 fully saturated rings. The summed E-state index contributed by atoms with van der Waals surface area (Å²) in [6, 6.07) is 5.96. The van der Waals surface area contributed by atoms with Crippen molar-refractivity contribution >= 4 is 11.5 Å². The zero-order chi connectivity index (χ0) is 18.4. The minimum atomic E-state index is 0.275. The molecule has 1 aliphatic rings. The van der Waals surface area contributed by atoms with Crippen LogP contribution >= 0.6 is 0 Å². The molecule has 1 N–H and O–H groups in total. The van der Waals surface area contributed by atoms with E-state index in [1.807, 2.05) is 49.0 Å². The number of nitrogens with one attached hydrogen (secondary N) is 1. The smallest absolute Gasteiger partial charge is 0.231 e. The van der Waals surface area contributed by atoms with Gasteiger partial charge in [-0.3, -0.25) is 14.1 Å². The van der Waals surface area contributed by atoms with Crippen molar-refractivity contribution in [2.75, 3.05) is 12.1 Å². The van der Waals surface area contributed by atoms with Gasteiger partial charge < -0.3 is 14.8 Å². The lowest BCUT2D eigenvalue weighted by molar-refractivity contribution is 0.174. The van der Waals surface area contributed by atoms with E-state index in [9.17, 15) is 0 Å². The third-order valence-corrected chi connectivity index (χ3v) is 4.60. The molecule has 8 heteroatoms. The van der Waals surface area contributed by atoms with Crippen LogP contribution in [0.3, 0.4) is 0 Å². The summed E-state index contributed by atoms with van der Waals surface area (Å²) in [6.07, 6.45) is 7.39. The molecule has 8 nitrogen and oxygen atoms in total. The predicted octanol–water partition coefficient (Wildman–Crippen LogP) is 2.78. The first-order valence-corrected chi connectivity index (χ1v) is 8.64. The summed E-state index contributed by atoms with van der Waals surface area (Å²) in [5.74, 6) is 2.47. The van der Waals surface area contributed by atoms with E-state index in [1.165, 1.54) is 0 Å². The summed E-state index contributed by atoms with van der Waals surface area (Å²) in [7, 11) is 1.91. The van der Waals surface area contributed by atoms with Crippen molar-refractivity contribution in [3.05, 3.63) is 54.2 Å². The highest BCUT2D eigenvalue weighted by molar-refractivity contribution is 5.77. The number of hydrogen-bond acceptors (Lipinski definition) is 6. The second-order valence-corrected chi connectivity index (χ2v) is 6.46. The predicted molar refractivity (Wildman–Crippen MR) is 99.8 cm³/mol. The van der Waals surface area contributed by atoms with E-state index in [-0.39, 0.29) is 6.79 Å². The molecule has 0 bridgehead atoms. The highest BCUT2D eigenvalue weighted by Crippen LogP contribution is 2.34. The van der Waals surface area contributed by atoms with Gasteiger partial charge in [-0.05, 0) is 24.6 Å². The fourth-order valence-electron chi connectivity index (χ4n) is 3.33. The maximum absolute atomic E-state index is 5.47. The molecule has 0 unspecified atom stereocenters. The topological polar surface area (TPSA) is 78.5 Å². The number of rotatable bonds is 4. The first-order chi connectivity index (χ1) is 13.2. The van der Waals surface area contributed by atoms with Gasteiger partial charge in [0.15, 0.2) is 17.1 Å². The van der Waals surface area contributed by atoms with Crippen molar-refractivity contribution in [2.45, 2.75) is 13.5 Å². The Labute approximate surface area is 155 Å². The number of fused-ring (bicyclic) bond motifs is 2. The number of benzene rings is 1. The lowest BCUT2D eigenvalue weighted by Gasteiger charge is -2.09. The average molecular weight is 362 g/mol. The van der Waals surface area contributed by atoms with Gasteiger partial charge in [0.05, 0.1) is 11.9 Å². The highest BCUT2D eigenvalue weighted by atomic mass is 16.7. The Bertz CT molecular complexity index is 1150. The van der Waals surface area contributed by atoms with E-state index in [2.05, 4.69) is 15.4 Å². The summed E-state index contributed by atoms with van der Waals surface area (Å²) in [5.41, 5.74) is 4.66. The molecular formula is C19H18N6O2. The molecule has 0 atom stereocenters. The van der Waals surface area contributed by atoms with Crippen LogP contribution in [0.15, 0.2) is 43.0 Å². The Morgan fingerprint density at radius 3 is 2.96 bits per heavy atom. The summed E-state index contributed by atoms with van der Waals surface area (Å²) >= 11 is 0. The van der Waals surface area contributed by atoms with E-state index in [4.69, 9.17) is 14.5 Å². The Hall–Kier alpha value is -3.55. The van der Waals surface area contributed by atoms with Crippen LogP contribution in [0.5, 0.6) is 11.5 Å². The van der Waals surface area contributed by atoms with Crippen molar-refractivity contribution in [3.8, 4) is 22.8 Å². The monoisotopic (exact) mass is 362 g/mol. The van der Waals surface area contributed by atoms with E-state index in [1.54, 1.807) is 17.1 Å². The van der Waals surface area contributed by atoms with Crippen LogP contribution in [-0.2, 0) is 13.6 Å². The van der Waals surface area contributed by atoms with Gasteiger partial charge in [-0.2, -0.15) is 5.10 Å². The summed E-state index contributed by atoms with van der Waals surface area (Å²) < 4.78 is 14.7. The minimum absolute atomic E-state index is 0.275. The zero-order valence-electron chi connectivity index (χ0n) is 15.0. The third kappa shape index (κ3) is 2.66. The standard InChI is InChI=1S/C19H18N6O2/c1-12-14(10-24(2)23-12)18-19(25-6-5-20-9-17(25)22-18)21-8-13-3-4-15-16(7-13)27-11-26-15/h3-7,9-10,21H,8,11H2,1-2H3. The molecule has 1 aromatic carbocycles. The number of nitrogens with zero attached hydrogens (tertiary/aromatic N) is 5. The maximum Gasteiger partial charge on any atom is 0.231 e. The maximum atomic E-state index is 5.47. The van der Waals surface area contributed by atoms with Crippen LogP contribution in [0, 0.1) is 6.92 Å². The summed E-state index contributed by atoms with van der Waals surface area (Å²) in [4.78, 5) is 8.95. The summed E-state index contributed by atoms with van der Waals surface area (Å²) in [5, 5.41) is 7.97. The van der Waals surface area contributed by atoms with E-state index in [0.29, 0.717) is 6.54 Å². The second kappa shape index (κ2) is 6.01. The second-order valence-electron chi connectivity index (χ2n) is 6.46. The summed E-state index contributed by atoms with van der Waals surface area (Å²) in [6.45, 7) is 2.88. The van der Waals surface area contributed by atoms with Gasteiger partial charge in [0.25, 0.3) is 0 Å². The van der Waals surface area contributed by atoms with Crippen molar-refractivity contribution < 1.29 is 9.47 Å². The molecule has 0 saturated carbocycles. The lowest BCUT2D eigenvalue weighted by atomic mass is 10.1. The Kier molecular flexibility index (Phi) is 3.49. The molecule has 1 aliphatic heterocycles. The Morgan fingerprint density at radius 1 is 1.22 bits per heavy atom. The lowest BCUT2D eigenvalue weighted by Crippen LogP contribution is -2.03. The van der Waals surface area contributed by atoms with Crippen LogP contribution < -0.4 is 14.8 Å². The molecule has 5 rings (SSSR count). The van der Waals surface area contributed by atoms with Gasteiger partial charge in [-0.1, -0.05) is 6.07 Å². The van der Waals surface area contributed by atoms with Gasteiger partial charge in [-0.15, -0.1) is 0 Å². The van der Waals surface area contributed by atoms with Crippen LogP contribution in [0.1, 0.15) is 11.3 Å². The number of aryl methyl sites for hydroxylation is 2. The van der Waals surface area contributed by atoms with Gasteiger partial charge >= 0.3 is 0 Å². The number of aromatic nitrogens is 5. The molecule has 0 amide bonds. The SMILES string of the molecule is Cc1nn(C)cc1-c1nc2cnccn2c1NCc1ccc2c(c1)OCO2. The van der Waals surface area contributed by atoms with Gasteiger partial charge in [0.1, 0.15) is 11.5 Å². The van der Waals surface area contributed by atoms with Crippen LogP contribution in [0.25, 0.3) is 16.9 Å².